The number of aryl methyl sites for hydroxylation is 1. The minimum atomic E-state index is -4.47. The molecule has 158 valence electrons. The number of carbonyl (C=O) groups is 1. The van der Waals surface area contributed by atoms with Crippen LogP contribution in [0.4, 0.5) is 13.2 Å². The zero-order valence-electron chi connectivity index (χ0n) is 16.9. The summed E-state index contributed by atoms with van der Waals surface area (Å²) in [5, 5.41) is 0.233. The van der Waals surface area contributed by atoms with Gasteiger partial charge in [-0.15, -0.1) is 11.3 Å². The van der Waals surface area contributed by atoms with E-state index in [1.807, 2.05) is 0 Å². The summed E-state index contributed by atoms with van der Waals surface area (Å²) < 4.78 is 40.0. The number of halogens is 3. The van der Waals surface area contributed by atoms with Crippen molar-refractivity contribution in [3.05, 3.63) is 40.4 Å². The number of alkyl halides is 3. The number of hydrogen-bond acceptors (Lipinski definition) is 4. The van der Waals surface area contributed by atoms with Gasteiger partial charge in [-0.05, 0) is 38.9 Å². The molecule has 0 aliphatic carbocycles. The third-order valence-corrected chi connectivity index (χ3v) is 6.71. The fourth-order valence-corrected chi connectivity index (χ4v) is 5.02. The van der Waals surface area contributed by atoms with Gasteiger partial charge in [0, 0.05) is 24.7 Å². The van der Waals surface area contributed by atoms with E-state index >= 15 is 0 Å². The van der Waals surface area contributed by atoms with E-state index < -0.39 is 11.7 Å². The first-order valence-electron chi connectivity index (χ1n) is 9.93. The Labute approximate surface area is 173 Å². The molecule has 3 rings (SSSR count). The molecular formula is C21H26F3N3OS. The van der Waals surface area contributed by atoms with E-state index in [-0.39, 0.29) is 16.5 Å². The van der Waals surface area contributed by atoms with Crippen LogP contribution in [-0.2, 0) is 6.18 Å². The minimum Gasteiger partial charge on any atom is -0.338 e. The van der Waals surface area contributed by atoms with Crippen LogP contribution in [0.25, 0.3) is 10.6 Å². The average molecular weight is 426 g/mol. The second-order valence-corrected chi connectivity index (χ2v) is 8.22. The summed E-state index contributed by atoms with van der Waals surface area (Å²) in [5.74, 6) is -0.131. The molecule has 1 saturated heterocycles. The summed E-state index contributed by atoms with van der Waals surface area (Å²) in [6, 6.07) is 5.85. The normalized spacial score (nSPS) is 15.9. The van der Waals surface area contributed by atoms with Gasteiger partial charge >= 0.3 is 6.18 Å². The molecule has 1 aromatic carbocycles. The lowest BCUT2D eigenvalue weighted by Gasteiger charge is -2.37. The molecule has 0 N–H and O–H groups in total. The number of rotatable bonds is 5. The number of hydrogen-bond donors (Lipinski definition) is 0. The van der Waals surface area contributed by atoms with Crippen LogP contribution in [0.1, 0.15) is 47.6 Å². The summed E-state index contributed by atoms with van der Waals surface area (Å²) in [4.78, 5) is 22.0. The Kier molecular flexibility index (Phi) is 6.63. The number of likely N-dealkylation sites (tertiary alicyclic amines) is 1. The Bertz CT molecular complexity index is 853. The first-order chi connectivity index (χ1) is 13.8. The third kappa shape index (κ3) is 4.64. The zero-order chi connectivity index (χ0) is 21.2. The molecule has 0 saturated carbocycles. The molecule has 8 heteroatoms. The fraction of sp³-hybridized carbons (Fsp3) is 0.524. The van der Waals surface area contributed by atoms with Gasteiger partial charge < -0.3 is 9.80 Å². The van der Waals surface area contributed by atoms with Crippen molar-refractivity contribution in [2.75, 3.05) is 26.2 Å². The van der Waals surface area contributed by atoms with Crippen molar-refractivity contribution >= 4 is 17.2 Å². The van der Waals surface area contributed by atoms with Crippen LogP contribution in [0.2, 0.25) is 0 Å². The number of amides is 1. The maximum Gasteiger partial charge on any atom is 0.417 e. The van der Waals surface area contributed by atoms with Gasteiger partial charge in [0.2, 0.25) is 0 Å². The summed E-state index contributed by atoms with van der Waals surface area (Å²) in [5.41, 5.74) is -0.224. The molecule has 0 spiro atoms. The predicted molar refractivity (Wildman–Crippen MR) is 109 cm³/mol. The first kappa shape index (κ1) is 21.8. The van der Waals surface area contributed by atoms with Crippen molar-refractivity contribution in [3.63, 3.8) is 0 Å². The number of piperidine rings is 1. The highest BCUT2D eigenvalue weighted by molar-refractivity contribution is 7.17. The molecule has 1 aromatic heterocycles. The summed E-state index contributed by atoms with van der Waals surface area (Å²) in [6.07, 6.45) is -2.64. The topological polar surface area (TPSA) is 36.4 Å². The maximum absolute atomic E-state index is 13.3. The van der Waals surface area contributed by atoms with E-state index in [0.717, 1.165) is 43.3 Å². The molecule has 4 nitrogen and oxygen atoms in total. The van der Waals surface area contributed by atoms with Crippen molar-refractivity contribution in [1.29, 1.82) is 0 Å². The number of aromatic nitrogens is 1. The molecule has 2 aromatic rings. The number of thiazole rings is 1. The highest BCUT2D eigenvalue weighted by Gasteiger charge is 2.35. The molecule has 1 amide bonds. The van der Waals surface area contributed by atoms with Crippen molar-refractivity contribution in [2.45, 2.75) is 45.8 Å². The average Bonchev–Trinajstić information content (AvgIpc) is 3.10. The van der Waals surface area contributed by atoms with Crippen molar-refractivity contribution in [3.8, 4) is 10.6 Å². The van der Waals surface area contributed by atoms with E-state index in [0.29, 0.717) is 29.7 Å². The Morgan fingerprint density at radius 1 is 1.21 bits per heavy atom. The second-order valence-electron chi connectivity index (χ2n) is 7.22. The smallest absolute Gasteiger partial charge is 0.338 e. The van der Waals surface area contributed by atoms with Crippen LogP contribution in [0, 0.1) is 6.92 Å². The molecule has 1 aliphatic rings. The molecule has 1 fully saturated rings. The van der Waals surface area contributed by atoms with Crippen LogP contribution >= 0.6 is 11.3 Å². The lowest BCUT2D eigenvalue weighted by molar-refractivity contribution is -0.137. The maximum atomic E-state index is 13.3. The molecule has 1 aliphatic heterocycles. The van der Waals surface area contributed by atoms with Gasteiger partial charge in [0.1, 0.15) is 9.88 Å². The standard InChI is InChI=1S/C21H26F3N3OS/c1-4-26(5-2)15-10-12-27(13-11-15)20(28)18-14(3)25-19(29-18)16-8-6-7-9-17(16)21(22,23)24/h6-9,15H,4-5,10-13H2,1-3H3. The van der Waals surface area contributed by atoms with Gasteiger partial charge in [0.25, 0.3) is 5.91 Å². The van der Waals surface area contributed by atoms with Crippen LogP contribution < -0.4 is 0 Å². The van der Waals surface area contributed by atoms with Gasteiger partial charge in [0.05, 0.1) is 11.3 Å². The highest BCUT2D eigenvalue weighted by atomic mass is 32.1. The van der Waals surface area contributed by atoms with Crippen LogP contribution in [0.5, 0.6) is 0 Å². The van der Waals surface area contributed by atoms with E-state index in [1.54, 1.807) is 17.9 Å². The number of carbonyl (C=O) groups excluding carboxylic acids is 1. The van der Waals surface area contributed by atoms with Crippen LogP contribution in [0.15, 0.2) is 24.3 Å². The van der Waals surface area contributed by atoms with Gasteiger partial charge in [-0.25, -0.2) is 4.98 Å². The molecule has 0 unspecified atom stereocenters. The molecule has 0 atom stereocenters. The lowest BCUT2D eigenvalue weighted by atomic mass is 10.0. The van der Waals surface area contributed by atoms with Crippen LogP contribution in [-0.4, -0.2) is 52.9 Å². The molecule has 0 radical (unpaired) electrons. The molecule has 2 heterocycles. The van der Waals surface area contributed by atoms with E-state index in [2.05, 4.69) is 23.7 Å². The summed E-state index contributed by atoms with van der Waals surface area (Å²) in [7, 11) is 0. The van der Waals surface area contributed by atoms with E-state index in [4.69, 9.17) is 0 Å². The minimum absolute atomic E-state index is 0.0207. The van der Waals surface area contributed by atoms with Gasteiger partial charge in [0.15, 0.2) is 0 Å². The lowest BCUT2D eigenvalue weighted by Crippen LogP contribution is -2.46. The van der Waals surface area contributed by atoms with E-state index in [9.17, 15) is 18.0 Å². The fourth-order valence-electron chi connectivity index (χ4n) is 3.94. The highest BCUT2D eigenvalue weighted by Crippen LogP contribution is 2.39. The monoisotopic (exact) mass is 425 g/mol. The van der Waals surface area contributed by atoms with Gasteiger partial charge in [-0.1, -0.05) is 32.0 Å². The molecular weight excluding hydrogens is 399 g/mol. The Hall–Kier alpha value is -1.93. The summed E-state index contributed by atoms with van der Waals surface area (Å²) >= 11 is 1.05. The Morgan fingerprint density at radius 2 is 1.83 bits per heavy atom. The quantitative estimate of drug-likeness (QED) is 0.670. The van der Waals surface area contributed by atoms with E-state index in [1.165, 1.54) is 12.1 Å². The number of benzene rings is 1. The summed E-state index contributed by atoms with van der Waals surface area (Å²) in [6.45, 7) is 9.27. The van der Waals surface area contributed by atoms with Crippen molar-refractivity contribution in [2.24, 2.45) is 0 Å². The Morgan fingerprint density at radius 3 is 2.41 bits per heavy atom. The SMILES string of the molecule is CCN(CC)C1CCN(C(=O)c2sc(-c3ccccc3C(F)(F)F)nc2C)CC1. The van der Waals surface area contributed by atoms with Crippen LogP contribution in [0.3, 0.4) is 0 Å². The molecule has 29 heavy (non-hydrogen) atoms. The Balaban J connectivity index is 1.79. The molecule has 0 bridgehead atoms. The number of nitrogens with zero attached hydrogens (tertiary/aromatic N) is 3. The van der Waals surface area contributed by atoms with Gasteiger partial charge in [-0.2, -0.15) is 13.2 Å². The van der Waals surface area contributed by atoms with Crippen molar-refractivity contribution in [1.82, 2.24) is 14.8 Å². The zero-order valence-corrected chi connectivity index (χ0v) is 17.7. The first-order valence-corrected chi connectivity index (χ1v) is 10.7. The largest absolute Gasteiger partial charge is 0.417 e. The third-order valence-electron chi connectivity index (χ3n) is 5.53. The van der Waals surface area contributed by atoms with Gasteiger partial charge in [-0.3, -0.25) is 4.79 Å². The van der Waals surface area contributed by atoms with Crippen molar-refractivity contribution < 1.29 is 18.0 Å². The second kappa shape index (κ2) is 8.83. The predicted octanol–water partition coefficient (Wildman–Crippen LogP) is 5.08.